The van der Waals surface area contributed by atoms with Crippen molar-refractivity contribution in [3.05, 3.63) is 0 Å². The van der Waals surface area contributed by atoms with Crippen molar-refractivity contribution in [1.29, 1.82) is 0 Å². The number of hydrogen-bond donors (Lipinski definition) is 2. The van der Waals surface area contributed by atoms with E-state index in [1.54, 1.807) is 0 Å². The summed E-state index contributed by atoms with van der Waals surface area (Å²) in [6.07, 6.45) is 4.27. The molecule has 2 heteroatoms. The van der Waals surface area contributed by atoms with Crippen LogP contribution in [0.1, 0.15) is 39.5 Å². The Morgan fingerprint density at radius 1 is 1.64 bits per heavy atom. The third kappa shape index (κ3) is 2.46. The Kier molecular flexibility index (Phi) is 2.90. The van der Waals surface area contributed by atoms with E-state index in [0.717, 1.165) is 25.8 Å². The SMILES string of the molecule is CCNC1(O)CCCC(C)C1. The molecule has 0 aromatic rings. The average molecular weight is 157 g/mol. The van der Waals surface area contributed by atoms with Gasteiger partial charge in [-0.05, 0) is 31.7 Å². The van der Waals surface area contributed by atoms with Crippen LogP contribution >= 0.6 is 0 Å². The predicted octanol–water partition coefficient (Wildman–Crippen LogP) is 1.49. The van der Waals surface area contributed by atoms with Gasteiger partial charge in [-0.3, -0.25) is 5.32 Å². The predicted molar refractivity (Wildman–Crippen MR) is 46.3 cm³/mol. The second kappa shape index (κ2) is 3.55. The van der Waals surface area contributed by atoms with Crippen LogP contribution in [0.5, 0.6) is 0 Å². The molecular formula is C9H19NO. The van der Waals surface area contributed by atoms with Gasteiger partial charge in [0.25, 0.3) is 0 Å². The van der Waals surface area contributed by atoms with Crippen LogP contribution < -0.4 is 5.32 Å². The van der Waals surface area contributed by atoms with Crippen molar-refractivity contribution in [2.45, 2.75) is 45.3 Å². The lowest BCUT2D eigenvalue weighted by atomic mass is 9.84. The highest BCUT2D eigenvalue weighted by Gasteiger charge is 2.31. The van der Waals surface area contributed by atoms with Crippen molar-refractivity contribution >= 4 is 0 Å². The molecule has 0 radical (unpaired) electrons. The summed E-state index contributed by atoms with van der Waals surface area (Å²) in [5.74, 6) is 0.674. The van der Waals surface area contributed by atoms with E-state index in [2.05, 4.69) is 12.2 Å². The molecule has 0 bridgehead atoms. The standard InChI is InChI=1S/C9H19NO/c1-3-10-9(11)6-4-5-8(2)7-9/h8,10-11H,3-7H2,1-2H3. The molecule has 66 valence electrons. The van der Waals surface area contributed by atoms with E-state index in [9.17, 15) is 5.11 Å². The minimum atomic E-state index is -0.549. The molecular weight excluding hydrogens is 138 g/mol. The van der Waals surface area contributed by atoms with Crippen LogP contribution in [0.15, 0.2) is 0 Å². The van der Waals surface area contributed by atoms with Gasteiger partial charge in [-0.25, -0.2) is 0 Å². The van der Waals surface area contributed by atoms with Crippen molar-refractivity contribution < 1.29 is 5.11 Å². The Bertz CT molecular complexity index is 123. The Labute approximate surface area is 69.0 Å². The molecule has 0 heterocycles. The van der Waals surface area contributed by atoms with Crippen molar-refractivity contribution in [2.75, 3.05) is 6.54 Å². The topological polar surface area (TPSA) is 32.3 Å². The summed E-state index contributed by atoms with van der Waals surface area (Å²) in [4.78, 5) is 0. The third-order valence-corrected chi connectivity index (χ3v) is 2.48. The molecule has 0 saturated heterocycles. The third-order valence-electron chi connectivity index (χ3n) is 2.48. The smallest absolute Gasteiger partial charge is 0.116 e. The summed E-state index contributed by atoms with van der Waals surface area (Å²) in [6, 6.07) is 0. The van der Waals surface area contributed by atoms with Crippen molar-refractivity contribution in [3.63, 3.8) is 0 Å². The van der Waals surface area contributed by atoms with Gasteiger partial charge in [0.15, 0.2) is 0 Å². The molecule has 2 atom stereocenters. The summed E-state index contributed by atoms with van der Waals surface area (Å²) in [5.41, 5.74) is -0.549. The summed E-state index contributed by atoms with van der Waals surface area (Å²) < 4.78 is 0. The Morgan fingerprint density at radius 3 is 2.91 bits per heavy atom. The summed E-state index contributed by atoms with van der Waals surface area (Å²) >= 11 is 0. The fourth-order valence-corrected chi connectivity index (χ4v) is 2.01. The minimum absolute atomic E-state index is 0.549. The summed E-state index contributed by atoms with van der Waals surface area (Å²) in [6.45, 7) is 5.11. The first-order valence-corrected chi connectivity index (χ1v) is 4.64. The van der Waals surface area contributed by atoms with Crippen LogP contribution in [0.3, 0.4) is 0 Å². The van der Waals surface area contributed by atoms with Gasteiger partial charge in [-0.1, -0.05) is 20.3 Å². The van der Waals surface area contributed by atoms with Gasteiger partial charge in [-0.2, -0.15) is 0 Å². The van der Waals surface area contributed by atoms with Gasteiger partial charge >= 0.3 is 0 Å². The van der Waals surface area contributed by atoms with Gasteiger partial charge in [0, 0.05) is 0 Å². The lowest BCUT2D eigenvalue weighted by Crippen LogP contribution is -2.48. The zero-order chi connectivity index (χ0) is 8.32. The molecule has 2 N–H and O–H groups in total. The van der Waals surface area contributed by atoms with Crippen LogP contribution in [0.4, 0.5) is 0 Å². The fourth-order valence-electron chi connectivity index (χ4n) is 2.01. The van der Waals surface area contributed by atoms with Gasteiger partial charge < -0.3 is 5.11 Å². The molecule has 0 amide bonds. The highest BCUT2D eigenvalue weighted by atomic mass is 16.3. The van der Waals surface area contributed by atoms with Gasteiger partial charge in [0.1, 0.15) is 5.72 Å². The lowest BCUT2D eigenvalue weighted by Gasteiger charge is -2.36. The maximum absolute atomic E-state index is 9.93. The Balaban J connectivity index is 2.41. The largest absolute Gasteiger partial charge is 0.376 e. The zero-order valence-corrected chi connectivity index (χ0v) is 7.56. The highest BCUT2D eigenvalue weighted by molar-refractivity contribution is 4.82. The van der Waals surface area contributed by atoms with Crippen molar-refractivity contribution in [1.82, 2.24) is 5.32 Å². The molecule has 0 aliphatic heterocycles. The molecule has 1 aliphatic rings. The van der Waals surface area contributed by atoms with Crippen LogP contribution in [0.25, 0.3) is 0 Å². The maximum atomic E-state index is 9.93. The molecule has 11 heavy (non-hydrogen) atoms. The first kappa shape index (κ1) is 9.01. The van der Waals surface area contributed by atoms with Crippen molar-refractivity contribution in [2.24, 2.45) is 5.92 Å². The number of aliphatic hydroxyl groups is 1. The van der Waals surface area contributed by atoms with E-state index in [0.29, 0.717) is 5.92 Å². The summed E-state index contributed by atoms with van der Waals surface area (Å²) in [5, 5.41) is 13.1. The van der Waals surface area contributed by atoms with E-state index >= 15 is 0 Å². The average Bonchev–Trinajstić information content (AvgIpc) is 1.86. The monoisotopic (exact) mass is 157 g/mol. The molecule has 1 fully saturated rings. The second-order valence-corrected chi connectivity index (χ2v) is 3.76. The fraction of sp³-hybridized carbons (Fsp3) is 1.00. The number of hydrogen-bond acceptors (Lipinski definition) is 2. The van der Waals surface area contributed by atoms with E-state index in [1.807, 2.05) is 6.92 Å². The first-order chi connectivity index (χ1) is 5.16. The van der Waals surface area contributed by atoms with E-state index in [4.69, 9.17) is 0 Å². The summed E-state index contributed by atoms with van der Waals surface area (Å²) in [7, 11) is 0. The van der Waals surface area contributed by atoms with Gasteiger partial charge in [0.2, 0.25) is 0 Å². The number of nitrogens with one attached hydrogen (secondary N) is 1. The second-order valence-electron chi connectivity index (χ2n) is 3.76. The molecule has 2 unspecified atom stereocenters. The maximum Gasteiger partial charge on any atom is 0.116 e. The minimum Gasteiger partial charge on any atom is -0.376 e. The molecule has 1 aliphatic carbocycles. The highest BCUT2D eigenvalue weighted by Crippen LogP contribution is 2.29. The Morgan fingerprint density at radius 2 is 2.36 bits per heavy atom. The van der Waals surface area contributed by atoms with E-state index < -0.39 is 5.72 Å². The van der Waals surface area contributed by atoms with E-state index in [1.165, 1.54) is 6.42 Å². The Hall–Kier alpha value is -0.0800. The molecule has 1 saturated carbocycles. The lowest BCUT2D eigenvalue weighted by molar-refractivity contribution is -0.0413. The van der Waals surface area contributed by atoms with Crippen LogP contribution in [-0.2, 0) is 0 Å². The van der Waals surface area contributed by atoms with Gasteiger partial charge in [-0.15, -0.1) is 0 Å². The molecule has 0 spiro atoms. The quantitative estimate of drug-likeness (QED) is 0.595. The van der Waals surface area contributed by atoms with Crippen LogP contribution in [0.2, 0.25) is 0 Å². The zero-order valence-electron chi connectivity index (χ0n) is 7.56. The van der Waals surface area contributed by atoms with E-state index in [-0.39, 0.29) is 0 Å². The first-order valence-electron chi connectivity index (χ1n) is 4.64. The normalized spacial score (nSPS) is 39.0. The molecule has 0 aromatic carbocycles. The molecule has 2 nitrogen and oxygen atoms in total. The molecule has 0 aromatic heterocycles. The molecule has 1 rings (SSSR count). The van der Waals surface area contributed by atoms with Crippen LogP contribution in [0, 0.1) is 5.92 Å². The van der Waals surface area contributed by atoms with Crippen LogP contribution in [-0.4, -0.2) is 17.4 Å². The van der Waals surface area contributed by atoms with Gasteiger partial charge in [0.05, 0.1) is 0 Å². The number of rotatable bonds is 2. The van der Waals surface area contributed by atoms with Crippen molar-refractivity contribution in [3.8, 4) is 0 Å².